The number of rotatable bonds is 4. The van der Waals surface area contributed by atoms with Gasteiger partial charge in [0.25, 0.3) is 0 Å². The summed E-state index contributed by atoms with van der Waals surface area (Å²) in [5, 5.41) is 16.1. The van der Waals surface area contributed by atoms with Gasteiger partial charge in [0.2, 0.25) is 11.8 Å². The minimum Gasteiger partial charge on any atom is -0.478 e. The summed E-state index contributed by atoms with van der Waals surface area (Å²) in [7, 11) is -3.24. The molecule has 0 amide bonds. The van der Waals surface area contributed by atoms with E-state index >= 15 is 0 Å². The van der Waals surface area contributed by atoms with E-state index < -0.39 is 15.8 Å². The summed E-state index contributed by atoms with van der Waals surface area (Å²) in [5.74, 6) is -1.21. The van der Waals surface area contributed by atoms with Crippen molar-refractivity contribution in [3.8, 4) is 11.5 Å². The average molecular weight is 282 g/mol. The number of aromatic carboxylic acids is 1. The van der Waals surface area contributed by atoms with Gasteiger partial charge in [0.05, 0.1) is 5.56 Å². The zero-order valence-corrected chi connectivity index (χ0v) is 10.7. The highest BCUT2D eigenvalue weighted by Gasteiger charge is 2.13. The number of carbonyl (C=O) groups is 1. The lowest BCUT2D eigenvalue weighted by Gasteiger charge is -1.96. The molecule has 1 aromatic heterocycles. The number of nitrogens with zero attached hydrogens (tertiary/aromatic N) is 2. The van der Waals surface area contributed by atoms with Crippen LogP contribution in [0, 0.1) is 0 Å². The van der Waals surface area contributed by atoms with E-state index in [-0.39, 0.29) is 23.1 Å². The Bertz CT molecular complexity index is 703. The third-order valence-corrected chi connectivity index (χ3v) is 3.00. The molecule has 0 radical (unpaired) electrons. The Balaban J connectivity index is 2.25. The molecule has 1 N–H and O–H groups in total. The molecule has 1 aromatic carbocycles. The second-order valence-corrected chi connectivity index (χ2v) is 6.09. The van der Waals surface area contributed by atoms with Gasteiger partial charge in [-0.05, 0) is 24.3 Å². The van der Waals surface area contributed by atoms with Gasteiger partial charge in [-0.15, -0.1) is 10.2 Å². The van der Waals surface area contributed by atoms with E-state index in [0.29, 0.717) is 5.56 Å². The van der Waals surface area contributed by atoms with Crippen molar-refractivity contribution in [2.45, 2.75) is 5.75 Å². The zero-order chi connectivity index (χ0) is 14.0. The van der Waals surface area contributed by atoms with E-state index in [2.05, 4.69) is 10.2 Å². The van der Waals surface area contributed by atoms with Crippen LogP contribution in [0.4, 0.5) is 0 Å². The van der Waals surface area contributed by atoms with E-state index in [1.807, 2.05) is 0 Å². The van der Waals surface area contributed by atoms with Crippen molar-refractivity contribution in [2.75, 3.05) is 6.26 Å². The molecule has 8 heteroatoms. The van der Waals surface area contributed by atoms with Gasteiger partial charge in [0.1, 0.15) is 5.75 Å². The van der Waals surface area contributed by atoms with Crippen molar-refractivity contribution in [3.05, 3.63) is 35.7 Å². The maximum Gasteiger partial charge on any atom is 0.335 e. The van der Waals surface area contributed by atoms with Gasteiger partial charge < -0.3 is 9.52 Å². The Labute approximate surface area is 108 Å². The maximum absolute atomic E-state index is 11.1. The molecule has 0 atom stereocenters. The van der Waals surface area contributed by atoms with Crippen molar-refractivity contribution in [1.29, 1.82) is 0 Å². The molecule has 19 heavy (non-hydrogen) atoms. The summed E-state index contributed by atoms with van der Waals surface area (Å²) in [5.41, 5.74) is 0.664. The normalized spacial score (nSPS) is 11.4. The summed E-state index contributed by atoms with van der Waals surface area (Å²) >= 11 is 0. The standard InChI is InChI=1S/C11H10N2O5S/c1-19(16,17)6-9-12-13-10(18-9)7-2-4-8(5-3-7)11(14)15/h2-5H,6H2,1H3,(H,14,15). The monoisotopic (exact) mass is 282 g/mol. The summed E-state index contributed by atoms with van der Waals surface area (Å²) in [6.07, 6.45) is 1.07. The lowest BCUT2D eigenvalue weighted by Crippen LogP contribution is -2.00. The van der Waals surface area contributed by atoms with Crippen LogP contribution in [0.15, 0.2) is 28.7 Å². The highest BCUT2D eigenvalue weighted by Crippen LogP contribution is 2.19. The Morgan fingerprint density at radius 3 is 2.42 bits per heavy atom. The Morgan fingerprint density at radius 1 is 1.26 bits per heavy atom. The highest BCUT2D eigenvalue weighted by atomic mass is 32.2. The van der Waals surface area contributed by atoms with Gasteiger partial charge in [-0.2, -0.15) is 0 Å². The van der Waals surface area contributed by atoms with Gasteiger partial charge in [-0.1, -0.05) is 0 Å². The van der Waals surface area contributed by atoms with Crippen molar-refractivity contribution in [2.24, 2.45) is 0 Å². The average Bonchev–Trinajstić information content (AvgIpc) is 2.75. The first-order valence-electron chi connectivity index (χ1n) is 5.19. The molecule has 0 aliphatic heterocycles. The van der Waals surface area contributed by atoms with Crippen molar-refractivity contribution in [3.63, 3.8) is 0 Å². The summed E-state index contributed by atoms with van der Waals surface area (Å²) in [6.45, 7) is 0. The Morgan fingerprint density at radius 2 is 1.89 bits per heavy atom. The van der Waals surface area contributed by atoms with E-state index in [0.717, 1.165) is 6.26 Å². The first kappa shape index (κ1) is 13.2. The first-order chi connectivity index (χ1) is 8.85. The van der Waals surface area contributed by atoms with Gasteiger partial charge in [-0.25, -0.2) is 13.2 Å². The number of benzene rings is 1. The third kappa shape index (κ3) is 3.38. The number of carboxylic acid groups (broad SMARTS) is 1. The molecule has 0 fully saturated rings. The van der Waals surface area contributed by atoms with E-state index in [4.69, 9.17) is 9.52 Å². The number of hydrogen-bond acceptors (Lipinski definition) is 6. The van der Waals surface area contributed by atoms with Gasteiger partial charge in [0, 0.05) is 11.8 Å². The fourth-order valence-corrected chi connectivity index (χ4v) is 1.97. The predicted molar refractivity (Wildman–Crippen MR) is 65.2 cm³/mol. The summed E-state index contributed by atoms with van der Waals surface area (Å²) < 4.78 is 27.3. The molecule has 0 bridgehead atoms. The molecular weight excluding hydrogens is 272 g/mol. The minimum absolute atomic E-state index is 0.000175. The van der Waals surface area contributed by atoms with Crippen LogP contribution in [-0.4, -0.2) is 35.9 Å². The smallest absolute Gasteiger partial charge is 0.335 e. The van der Waals surface area contributed by atoms with Crippen LogP contribution in [-0.2, 0) is 15.6 Å². The molecule has 0 aliphatic carbocycles. The molecule has 0 unspecified atom stereocenters. The van der Waals surface area contributed by atoms with Crippen LogP contribution in [0.25, 0.3) is 11.5 Å². The van der Waals surface area contributed by atoms with Crippen molar-refractivity contribution >= 4 is 15.8 Å². The Kier molecular flexibility index (Phi) is 3.34. The fraction of sp³-hybridized carbons (Fsp3) is 0.182. The van der Waals surface area contributed by atoms with Crippen LogP contribution in [0.5, 0.6) is 0 Å². The minimum atomic E-state index is -3.24. The van der Waals surface area contributed by atoms with Crippen molar-refractivity contribution < 1.29 is 22.7 Å². The molecule has 0 saturated carbocycles. The Hall–Kier alpha value is -2.22. The van der Waals surface area contributed by atoms with Crippen LogP contribution in [0.1, 0.15) is 16.2 Å². The van der Waals surface area contributed by atoms with Gasteiger partial charge >= 0.3 is 5.97 Å². The number of hydrogen-bond donors (Lipinski definition) is 1. The molecule has 2 aromatic rings. The molecular formula is C11H10N2O5S. The molecule has 1 heterocycles. The third-order valence-electron chi connectivity index (χ3n) is 2.23. The highest BCUT2D eigenvalue weighted by molar-refractivity contribution is 7.89. The quantitative estimate of drug-likeness (QED) is 0.889. The van der Waals surface area contributed by atoms with Gasteiger partial charge in [0.15, 0.2) is 9.84 Å². The van der Waals surface area contributed by atoms with Crippen LogP contribution in [0.2, 0.25) is 0 Å². The number of sulfone groups is 1. The van der Waals surface area contributed by atoms with E-state index in [1.54, 1.807) is 0 Å². The maximum atomic E-state index is 11.1. The largest absolute Gasteiger partial charge is 0.478 e. The molecule has 0 saturated heterocycles. The van der Waals surface area contributed by atoms with Crippen LogP contribution >= 0.6 is 0 Å². The fourth-order valence-electron chi connectivity index (χ4n) is 1.41. The molecule has 2 rings (SSSR count). The van der Waals surface area contributed by atoms with Crippen molar-refractivity contribution in [1.82, 2.24) is 10.2 Å². The van der Waals surface area contributed by atoms with Gasteiger partial charge in [-0.3, -0.25) is 0 Å². The first-order valence-corrected chi connectivity index (χ1v) is 7.25. The second kappa shape index (κ2) is 4.81. The van der Waals surface area contributed by atoms with Crippen LogP contribution < -0.4 is 0 Å². The second-order valence-electron chi connectivity index (χ2n) is 3.95. The zero-order valence-electron chi connectivity index (χ0n) is 9.90. The molecule has 100 valence electrons. The number of aromatic nitrogens is 2. The topological polar surface area (TPSA) is 110 Å². The lowest BCUT2D eigenvalue weighted by molar-refractivity contribution is 0.0697. The SMILES string of the molecule is CS(=O)(=O)Cc1nnc(-c2ccc(C(=O)O)cc2)o1. The van der Waals surface area contributed by atoms with E-state index in [1.165, 1.54) is 24.3 Å². The lowest BCUT2D eigenvalue weighted by atomic mass is 10.1. The summed E-state index contributed by atoms with van der Waals surface area (Å²) in [4.78, 5) is 10.7. The molecule has 0 aliphatic rings. The summed E-state index contributed by atoms with van der Waals surface area (Å²) in [6, 6.07) is 5.83. The number of carboxylic acids is 1. The predicted octanol–water partition coefficient (Wildman–Crippen LogP) is 0.979. The molecule has 0 spiro atoms. The van der Waals surface area contributed by atoms with E-state index in [9.17, 15) is 13.2 Å². The van der Waals surface area contributed by atoms with Crippen LogP contribution in [0.3, 0.4) is 0 Å². The molecule has 7 nitrogen and oxygen atoms in total.